The Hall–Kier alpha value is -1.88. The van der Waals surface area contributed by atoms with E-state index in [2.05, 4.69) is 14.7 Å². The highest BCUT2D eigenvalue weighted by atomic mass is 32.2. The van der Waals surface area contributed by atoms with E-state index in [1.54, 1.807) is 30.0 Å². The summed E-state index contributed by atoms with van der Waals surface area (Å²) in [4.78, 5) is 21.9. The number of sulfonamides is 1. The molecule has 0 radical (unpaired) electrons. The minimum absolute atomic E-state index is 0.144. The van der Waals surface area contributed by atoms with E-state index in [9.17, 15) is 18.3 Å². The maximum Gasteiger partial charge on any atom is 0.250 e. The van der Waals surface area contributed by atoms with Crippen molar-refractivity contribution >= 4 is 27.3 Å². The van der Waals surface area contributed by atoms with Crippen LogP contribution >= 0.6 is 11.3 Å². The molecule has 1 saturated heterocycles. The molecule has 2 aromatic rings. The number of aromatic nitrogens is 2. The van der Waals surface area contributed by atoms with E-state index < -0.39 is 16.1 Å². The quantitative estimate of drug-likeness (QED) is 0.720. The summed E-state index contributed by atoms with van der Waals surface area (Å²) in [5.74, 6) is -0.504. The number of aliphatic hydroxyl groups is 1. The molecule has 10 heteroatoms. The van der Waals surface area contributed by atoms with Crippen LogP contribution in [0.3, 0.4) is 0 Å². The summed E-state index contributed by atoms with van der Waals surface area (Å²) in [6, 6.07) is 3.11. The lowest BCUT2D eigenvalue weighted by Crippen LogP contribution is -2.39. The summed E-state index contributed by atoms with van der Waals surface area (Å²) >= 11 is 1.09. The fraction of sp³-hybridized carbons (Fsp3) is 0.400. The van der Waals surface area contributed by atoms with Gasteiger partial charge in [-0.05, 0) is 17.9 Å². The van der Waals surface area contributed by atoms with Gasteiger partial charge in [0.15, 0.2) is 0 Å². The summed E-state index contributed by atoms with van der Waals surface area (Å²) < 4.78 is 26.6. The van der Waals surface area contributed by atoms with Crippen LogP contribution in [-0.2, 0) is 21.2 Å². The normalized spacial score (nSPS) is 20.8. The lowest BCUT2D eigenvalue weighted by molar-refractivity contribution is -0.129. The molecule has 0 bridgehead atoms. The van der Waals surface area contributed by atoms with Gasteiger partial charge in [0, 0.05) is 37.6 Å². The highest BCUT2D eigenvalue weighted by Crippen LogP contribution is 2.21. The number of carbonyl (C=O) groups is 1. The molecule has 1 aliphatic heterocycles. The Labute approximate surface area is 149 Å². The molecule has 1 amide bonds. The fourth-order valence-electron chi connectivity index (χ4n) is 2.72. The van der Waals surface area contributed by atoms with E-state index in [4.69, 9.17) is 0 Å². The molecule has 0 spiro atoms. The van der Waals surface area contributed by atoms with Gasteiger partial charge < -0.3 is 10.0 Å². The molecule has 0 aliphatic carbocycles. The van der Waals surface area contributed by atoms with Gasteiger partial charge in [0.2, 0.25) is 5.91 Å². The van der Waals surface area contributed by atoms with Gasteiger partial charge >= 0.3 is 0 Å². The molecule has 0 saturated carbocycles. The van der Waals surface area contributed by atoms with Gasteiger partial charge in [-0.15, -0.1) is 11.3 Å². The lowest BCUT2D eigenvalue weighted by Gasteiger charge is -2.16. The Morgan fingerprint density at radius 3 is 2.92 bits per heavy atom. The molecule has 25 heavy (non-hydrogen) atoms. The third-order valence-corrected chi connectivity index (χ3v) is 6.82. The number of hydrogen-bond acceptors (Lipinski definition) is 7. The minimum Gasteiger partial charge on any atom is -0.391 e. The van der Waals surface area contributed by atoms with Crippen molar-refractivity contribution in [1.82, 2.24) is 19.6 Å². The first-order valence-electron chi connectivity index (χ1n) is 7.69. The monoisotopic (exact) mass is 382 g/mol. The molecule has 2 atom stereocenters. The van der Waals surface area contributed by atoms with Gasteiger partial charge in [-0.1, -0.05) is 6.07 Å². The predicted molar refractivity (Wildman–Crippen MR) is 91.3 cm³/mol. The number of likely N-dealkylation sites (tertiary alicyclic amines) is 1. The van der Waals surface area contributed by atoms with Gasteiger partial charge in [-0.25, -0.2) is 13.1 Å². The molecule has 0 unspecified atom stereocenters. The second kappa shape index (κ2) is 7.56. The maximum atomic E-state index is 12.3. The average molecular weight is 382 g/mol. The van der Waals surface area contributed by atoms with Crippen LogP contribution < -0.4 is 4.72 Å². The Morgan fingerprint density at radius 2 is 2.24 bits per heavy atom. The highest BCUT2D eigenvalue weighted by molar-refractivity contribution is 7.91. The SMILES string of the molecule is O=C(CNS(=O)(=O)c1cccs1)N1C[C@@H](Cc2cnccn2)[C@H](O)C1. The number of nitrogens with zero attached hydrogens (tertiary/aromatic N) is 3. The number of thiophene rings is 1. The van der Waals surface area contributed by atoms with E-state index in [-0.39, 0.29) is 29.1 Å². The van der Waals surface area contributed by atoms with Crippen LogP contribution in [0.15, 0.2) is 40.3 Å². The van der Waals surface area contributed by atoms with Crippen LogP contribution in [0.4, 0.5) is 0 Å². The van der Waals surface area contributed by atoms with Gasteiger partial charge in [0.1, 0.15) is 4.21 Å². The standard InChI is InChI=1S/C15H18N4O4S2/c20-13-10-19(9-11(13)6-12-7-16-3-4-17-12)14(21)8-18-25(22,23)15-2-1-5-24-15/h1-5,7,11,13,18,20H,6,8-10H2/t11-,13-/m1/s1. The van der Waals surface area contributed by atoms with Crippen molar-refractivity contribution in [1.29, 1.82) is 0 Å². The van der Waals surface area contributed by atoms with Crippen molar-refractivity contribution in [3.05, 3.63) is 41.8 Å². The first kappa shape index (κ1) is 17.9. The topological polar surface area (TPSA) is 112 Å². The van der Waals surface area contributed by atoms with E-state index in [1.165, 1.54) is 11.0 Å². The van der Waals surface area contributed by atoms with Crippen LogP contribution in [-0.4, -0.2) is 60.0 Å². The zero-order valence-electron chi connectivity index (χ0n) is 13.3. The summed E-state index contributed by atoms with van der Waals surface area (Å²) in [7, 11) is -3.68. The van der Waals surface area contributed by atoms with Gasteiger partial charge in [0.25, 0.3) is 10.0 Å². The van der Waals surface area contributed by atoms with Crippen LogP contribution in [0.25, 0.3) is 0 Å². The molecule has 3 heterocycles. The van der Waals surface area contributed by atoms with Crippen LogP contribution in [0, 0.1) is 5.92 Å². The molecular weight excluding hydrogens is 364 g/mol. The second-order valence-electron chi connectivity index (χ2n) is 5.78. The molecule has 0 aromatic carbocycles. The van der Waals surface area contributed by atoms with Crippen molar-refractivity contribution in [3.63, 3.8) is 0 Å². The third-order valence-electron chi connectivity index (χ3n) is 4.02. The fourth-order valence-corrected chi connectivity index (χ4v) is 4.73. The van der Waals surface area contributed by atoms with E-state index in [1.807, 2.05) is 0 Å². The molecule has 1 aliphatic rings. The summed E-state index contributed by atoms with van der Waals surface area (Å²) in [6.45, 7) is 0.215. The predicted octanol–water partition coefficient (Wildman–Crippen LogP) is -0.122. The Bertz CT molecular complexity index is 811. The summed E-state index contributed by atoms with van der Waals surface area (Å²) in [6.07, 6.45) is 4.63. The zero-order valence-corrected chi connectivity index (χ0v) is 14.9. The lowest BCUT2D eigenvalue weighted by atomic mass is 10.0. The Morgan fingerprint density at radius 1 is 1.40 bits per heavy atom. The summed E-state index contributed by atoms with van der Waals surface area (Å²) in [5.41, 5.74) is 0.749. The largest absolute Gasteiger partial charge is 0.391 e. The molecule has 2 aromatic heterocycles. The molecule has 134 valence electrons. The maximum absolute atomic E-state index is 12.3. The number of β-amino-alcohol motifs (C(OH)–C–C–N with tert-alkyl or cyclic N) is 1. The minimum atomic E-state index is -3.68. The van der Waals surface area contributed by atoms with Crippen LogP contribution in [0.2, 0.25) is 0 Å². The smallest absolute Gasteiger partial charge is 0.250 e. The van der Waals surface area contributed by atoms with Crippen molar-refractivity contribution in [2.45, 2.75) is 16.7 Å². The number of carbonyl (C=O) groups excluding carboxylic acids is 1. The molecular formula is C15H18N4O4S2. The molecule has 3 rings (SSSR count). The average Bonchev–Trinajstić information content (AvgIpc) is 3.25. The van der Waals surface area contributed by atoms with Crippen molar-refractivity contribution in [2.24, 2.45) is 5.92 Å². The zero-order chi connectivity index (χ0) is 17.9. The number of rotatable bonds is 6. The van der Waals surface area contributed by atoms with Gasteiger partial charge in [-0.3, -0.25) is 14.8 Å². The van der Waals surface area contributed by atoms with Gasteiger partial charge in [0.05, 0.1) is 18.3 Å². The van der Waals surface area contributed by atoms with Crippen molar-refractivity contribution in [2.75, 3.05) is 19.6 Å². The Balaban J connectivity index is 1.55. The highest BCUT2D eigenvalue weighted by Gasteiger charge is 2.34. The van der Waals surface area contributed by atoms with E-state index >= 15 is 0 Å². The van der Waals surface area contributed by atoms with Gasteiger partial charge in [-0.2, -0.15) is 0 Å². The molecule has 1 fully saturated rings. The second-order valence-corrected chi connectivity index (χ2v) is 8.73. The summed E-state index contributed by atoms with van der Waals surface area (Å²) in [5, 5.41) is 11.8. The molecule has 8 nitrogen and oxygen atoms in total. The van der Waals surface area contributed by atoms with Crippen molar-refractivity contribution in [3.8, 4) is 0 Å². The number of hydrogen-bond donors (Lipinski definition) is 2. The number of aliphatic hydroxyl groups excluding tert-OH is 1. The van der Waals surface area contributed by atoms with Crippen molar-refractivity contribution < 1.29 is 18.3 Å². The van der Waals surface area contributed by atoms with E-state index in [0.717, 1.165) is 17.0 Å². The van der Waals surface area contributed by atoms with E-state index in [0.29, 0.717) is 13.0 Å². The first-order valence-corrected chi connectivity index (χ1v) is 10.1. The van der Waals surface area contributed by atoms with Crippen LogP contribution in [0.1, 0.15) is 5.69 Å². The molecule has 2 N–H and O–H groups in total. The first-order chi connectivity index (χ1) is 12.0. The number of nitrogens with one attached hydrogen (secondary N) is 1. The third kappa shape index (κ3) is 4.40. The Kier molecular flexibility index (Phi) is 5.42. The van der Waals surface area contributed by atoms with Crippen LogP contribution in [0.5, 0.6) is 0 Å². The number of amides is 1.